The first-order valence-corrected chi connectivity index (χ1v) is 9.70. The Morgan fingerprint density at radius 3 is 2.60 bits per heavy atom. The van der Waals surface area contributed by atoms with E-state index in [9.17, 15) is 9.59 Å². The van der Waals surface area contributed by atoms with Gasteiger partial charge in [0.2, 0.25) is 5.84 Å². The number of aromatic nitrogens is 2. The molecule has 1 aliphatic rings. The summed E-state index contributed by atoms with van der Waals surface area (Å²) in [6, 6.07) is 15.7. The Balaban J connectivity index is 1.42. The van der Waals surface area contributed by atoms with Gasteiger partial charge in [0.25, 0.3) is 11.8 Å². The van der Waals surface area contributed by atoms with Gasteiger partial charge in [0, 0.05) is 23.3 Å². The van der Waals surface area contributed by atoms with E-state index >= 15 is 0 Å². The van der Waals surface area contributed by atoms with Crippen LogP contribution in [0.2, 0.25) is 5.02 Å². The second-order valence-electron chi connectivity index (χ2n) is 6.73. The maximum atomic E-state index is 12.6. The normalized spacial score (nSPS) is 16.1. The number of nitrogens with zero attached hydrogens (tertiary/aromatic N) is 4. The van der Waals surface area contributed by atoms with Crippen molar-refractivity contribution in [2.24, 2.45) is 4.99 Å². The molecule has 0 aliphatic carbocycles. The fraction of sp³-hybridized carbons (Fsp3) is 0.143. The highest BCUT2D eigenvalue weighted by molar-refractivity contribution is 6.39. The molecule has 1 unspecified atom stereocenters. The summed E-state index contributed by atoms with van der Waals surface area (Å²) in [7, 11) is 0. The van der Waals surface area contributed by atoms with Crippen molar-refractivity contribution in [2.75, 3.05) is 5.01 Å². The van der Waals surface area contributed by atoms with Gasteiger partial charge in [-0.05, 0) is 43.3 Å². The van der Waals surface area contributed by atoms with Crippen LogP contribution in [0.25, 0.3) is 5.69 Å². The van der Waals surface area contributed by atoms with Gasteiger partial charge in [0.15, 0.2) is 0 Å². The fourth-order valence-corrected chi connectivity index (χ4v) is 3.08. The Kier molecular flexibility index (Phi) is 5.49. The monoisotopic (exact) mass is 422 g/mol. The smallest absolute Gasteiger partial charge is 0.288 e. The summed E-state index contributed by atoms with van der Waals surface area (Å²) in [5, 5.41) is 9.10. The molecule has 1 aromatic heterocycles. The molecule has 8 nitrogen and oxygen atoms in total. The summed E-state index contributed by atoms with van der Waals surface area (Å²) in [5.74, 6) is -0.562. The molecule has 0 spiro atoms. The van der Waals surface area contributed by atoms with Crippen molar-refractivity contribution in [1.29, 1.82) is 0 Å². The topological polar surface area (TPSA) is 91.6 Å². The lowest BCUT2D eigenvalue weighted by molar-refractivity contribution is -0.120. The molecule has 0 radical (unpaired) electrons. The van der Waals surface area contributed by atoms with E-state index in [0.717, 1.165) is 11.3 Å². The van der Waals surface area contributed by atoms with Crippen molar-refractivity contribution in [3.63, 3.8) is 0 Å². The lowest BCUT2D eigenvalue weighted by Crippen LogP contribution is -2.57. The lowest BCUT2D eigenvalue weighted by atomic mass is 10.2. The predicted octanol–water partition coefficient (Wildman–Crippen LogP) is 2.48. The highest BCUT2D eigenvalue weighted by atomic mass is 35.5. The first-order chi connectivity index (χ1) is 14.5. The Hall–Kier alpha value is -3.65. The van der Waals surface area contributed by atoms with E-state index in [1.54, 1.807) is 42.1 Å². The van der Waals surface area contributed by atoms with Crippen LogP contribution in [0.15, 0.2) is 72.0 Å². The van der Waals surface area contributed by atoms with Crippen LogP contribution in [-0.4, -0.2) is 33.5 Å². The SMILES string of the molecule is CC1N=C(C(=O)NCc2cnn(-c3ccc(Cl)cc3)c2)NN(c2ccccc2)C1=O. The summed E-state index contributed by atoms with van der Waals surface area (Å²) in [6.45, 7) is 1.92. The summed E-state index contributed by atoms with van der Waals surface area (Å²) in [6.07, 6.45) is 3.50. The third-order valence-corrected chi connectivity index (χ3v) is 4.78. The molecule has 152 valence electrons. The zero-order valence-corrected chi connectivity index (χ0v) is 16.9. The summed E-state index contributed by atoms with van der Waals surface area (Å²) in [5.41, 5.74) is 5.13. The molecule has 0 fully saturated rings. The third kappa shape index (κ3) is 4.18. The minimum absolute atomic E-state index is 0.0797. The Morgan fingerprint density at radius 1 is 1.13 bits per heavy atom. The second-order valence-corrected chi connectivity index (χ2v) is 7.16. The number of benzene rings is 2. The molecule has 2 aromatic carbocycles. The van der Waals surface area contributed by atoms with Crippen LogP contribution in [-0.2, 0) is 16.1 Å². The van der Waals surface area contributed by atoms with Crippen LogP contribution in [0.1, 0.15) is 12.5 Å². The van der Waals surface area contributed by atoms with Gasteiger partial charge in [-0.25, -0.2) is 14.7 Å². The fourth-order valence-electron chi connectivity index (χ4n) is 2.96. The number of hydrazine groups is 1. The number of amides is 2. The number of hydrogen-bond donors (Lipinski definition) is 2. The predicted molar refractivity (Wildman–Crippen MR) is 114 cm³/mol. The van der Waals surface area contributed by atoms with E-state index in [2.05, 4.69) is 20.8 Å². The molecule has 1 aliphatic heterocycles. The van der Waals surface area contributed by atoms with Gasteiger partial charge in [-0.15, -0.1) is 0 Å². The molecule has 0 saturated heterocycles. The molecule has 0 saturated carbocycles. The summed E-state index contributed by atoms with van der Waals surface area (Å²) in [4.78, 5) is 29.2. The van der Waals surface area contributed by atoms with Gasteiger partial charge >= 0.3 is 0 Å². The molecule has 3 aromatic rings. The molecule has 30 heavy (non-hydrogen) atoms. The zero-order chi connectivity index (χ0) is 21.1. The average molecular weight is 423 g/mol. The number of aliphatic imine (C=N–C) groups is 1. The standard InChI is InChI=1S/C21H19ClN6O2/c1-14-21(30)28(18-5-3-2-4-6-18)26-19(25-14)20(29)23-11-15-12-24-27(13-15)17-9-7-16(22)8-10-17/h2-10,12-14H,11H2,1H3,(H,23,29)(H,25,26). The van der Waals surface area contributed by atoms with Gasteiger partial charge < -0.3 is 5.32 Å². The molecule has 9 heteroatoms. The van der Waals surface area contributed by atoms with Gasteiger partial charge in [-0.2, -0.15) is 5.10 Å². The van der Waals surface area contributed by atoms with E-state index in [0.29, 0.717) is 10.7 Å². The van der Waals surface area contributed by atoms with Crippen molar-refractivity contribution in [3.8, 4) is 5.69 Å². The van der Waals surface area contributed by atoms with Crippen LogP contribution >= 0.6 is 11.6 Å². The van der Waals surface area contributed by atoms with Gasteiger partial charge in [-0.1, -0.05) is 29.8 Å². The van der Waals surface area contributed by atoms with E-state index in [1.807, 2.05) is 36.5 Å². The maximum absolute atomic E-state index is 12.6. The third-order valence-electron chi connectivity index (χ3n) is 4.53. The quantitative estimate of drug-likeness (QED) is 0.660. The summed E-state index contributed by atoms with van der Waals surface area (Å²) >= 11 is 5.91. The Morgan fingerprint density at radius 2 is 1.87 bits per heavy atom. The molecular formula is C21H19ClN6O2. The molecule has 0 bridgehead atoms. The zero-order valence-electron chi connectivity index (χ0n) is 16.1. The number of rotatable bonds is 5. The largest absolute Gasteiger partial charge is 0.345 e. The summed E-state index contributed by atoms with van der Waals surface area (Å²) < 4.78 is 1.70. The highest BCUT2D eigenvalue weighted by Gasteiger charge is 2.30. The van der Waals surface area contributed by atoms with Crippen molar-refractivity contribution in [1.82, 2.24) is 20.5 Å². The van der Waals surface area contributed by atoms with Crippen molar-refractivity contribution >= 4 is 34.9 Å². The second kappa shape index (κ2) is 8.38. The van der Waals surface area contributed by atoms with Crippen LogP contribution in [0, 0.1) is 0 Å². The van der Waals surface area contributed by atoms with E-state index < -0.39 is 11.9 Å². The number of para-hydroxylation sites is 1. The van der Waals surface area contributed by atoms with Crippen LogP contribution in [0.4, 0.5) is 5.69 Å². The van der Waals surface area contributed by atoms with Crippen LogP contribution in [0.5, 0.6) is 0 Å². The Labute approximate surface area is 178 Å². The Bertz CT molecular complexity index is 1090. The van der Waals surface area contributed by atoms with Crippen molar-refractivity contribution in [2.45, 2.75) is 19.5 Å². The van der Waals surface area contributed by atoms with Crippen molar-refractivity contribution < 1.29 is 9.59 Å². The number of carbonyl (C=O) groups is 2. The molecule has 1 atom stereocenters. The first-order valence-electron chi connectivity index (χ1n) is 9.32. The van der Waals surface area contributed by atoms with Crippen molar-refractivity contribution in [3.05, 3.63) is 77.6 Å². The number of halogens is 1. The van der Waals surface area contributed by atoms with Gasteiger partial charge in [-0.3, -0.25) is 15.0 Å². The molecular weight excluding hydrogens is 404 g/mol. The maximum Gasteiger partial charge on any atom is 0.288 e. The number of amidine groups is 1. The average Bonchev–Trinajstić information content (AvgIpc) is 3.24. The minimum atomic E-state index is -0.667. The lowest BCUT2D eigenvalue weighted by Gasteiger charge is -2.30. The number of hydrogen-bond acceptors (Lipinski definition) is 5. The van der Waals surface area contributed by atoms with Gasteiger partial charge in [0.1, 0.15) is 6.04 Å². The highest BCUT2D eigenvalue weighted by Crippen LogP contribution is 2.16. The van der Waals surface area contributed by atoms with Crippen LogP contribution in [0.3, 0.4) is 0 Å². The minimum Gasteiger partial charge on any atom is -0.345 e. The molecule has 2 amide bonds. The number of nitrogens with one attached hydrogen (secondary N) is 2. The van der Waals surface area contributed by atoms with E-state index in [-0.39, 0.29) is 18.3 Å². The first kappa shape index (κ1) is 19.7. The van der Waals surface area contributed by atoms with E-state index in [4.69, 9.17) is 11.6 Å². The van der Waals surface area contributed by atoms with Crippen LogP contribution < -0.4 is 15.8 Å². The molecule has 2 heterocycles. The number of anilines is 1. The van der Waals surface area contributed by atoms with Gasteiger partial charge in [0.05, 0.1) is 17.6 Å². The van der Waals surface area contributed by atoms with E-state index in [1.165, 1.54) is 5.01 Å². The molecule has 2 N–H and O–H groups in total. The number of carbonyl (C=O) groups excluding carboxylic acids is 2. The molecule has 4 rings (SSSR count).